The SMILES string of the molecule is O=C1c2ccccc2SC2C=CC=CC12. The van der Waals surface area contributed by atoms with Crippen molar-refractivity contribution in [3.05, 3.63) is 54.1 Å². The summed E-state index contributed by atoms with van der Waals surface area (Å²) in [5.74, 6) is 0.296. The van der Waals surface area contributed by atoms with Crippen molar-refractivity contribution in [1.29, 1.82) is 0 Å². The van der Waals surface area contributed by atoms with Crippen molar-refractivity contribution in [2.45, 2.75) is 10.1 Å². The number of hydrogen-bond donors (Lipinski definition) is 0. The highest BCUT2D eigenvalue weighted by molar-refractivity contribution is 8.00. The van der Waals surface area contributed by atoms with Gasteiger partial charge < -0.3 is 0 Å². The first-order valence-electron chi connectivity index (χ1n) is 5.01. The zero-order valence-corrected chi connectivity index (χ0v) is 8.91. The molecule has 2 heteroatoms. The van der Waals surface area contributed by atoms with Gasteiger partial charge >= 0.3 is 0 Å². The normalized spacial score (nSPS) is 27.3. The Morgan fingerprint density at radius 3 is 2.80 bits per heavy atom. The van der Waals surface area contributed by atoms with Gasteiger partial charge in [0.2, 0.25) is 0 Å². The quantitative estimate of drug-likeness (QED) is 0.660. The number of fused-ring (bicyclic) bond motifs is 2. The molecule has 1 aliphatic heterocycles. The van der Waals surface area contributed by atoms with Crippen LogP contribution in [0.1, 0.15) is 10.4 Å². The summed E-state index contributed by atoms with van der Waals surface area (Å²) in [6.45, 7) is 0. The third-order valence-corrected chi connectivity index (χ3v) is 4.14. The van der Waals surface area contributed by atoms with E-state index in [0.717, 1.165) is 10.5 Å². The summed E-state index contributed by atoms with van der Waals surface area (Å²) < 4.78 is 0. The lowest BCUT2D eigenvalue weighted by Gasteiger charge is -2.28. The van der Waals surface area contributed by atoms with Gasteiger partial charge in [-0.25, -0.2) is 0 Å². The number of allylic oxidation sites excluding steroid dienone is 3. The van der Waals surface area contributed by atoms with E-state index in [4.69, 9.17) is 0 Å². The fourth-order valence-electron chi connectivity index (χ4n) is 2.04. The van der Waals surface area contributed by atoms with Crippen LogP contribution in [0.15, 0.2) is 53.5 Å². The average molecular weight is 214 g/mol. The van der Waals surface area contributed by atoms with Gasteiger partial charge in [-0.3, -0.25) is 4.79 Å². The molecule has 0 fully saturated rings. The zero-order chi connectivity index (χ0) is 10.3. The van der Waals surface area contributed by atoms with Crippen molar-refractivity contribution in [3.63, 3.8) is 0 Å². The van der Waals surface area contributed by atoms with E-state index < -0.39 is 0 Å². The largest absolute Gasteiger partial charge is 0.293 e. The highest BCUT2D eigenvalue weighted by Crippen LogP contribution is 2.40. The molecule has 3 rings (SSSR count). The molecule has 0 aromatic heterocycles. The van der Waals surface area contributed by atoms with E-state index in [2.05, 4.69) is 6.08 Å². The highest BCUT2D eigenvalue weighted by Gasteiger charge is 2.33. The zero-order valence-electron chi connectivity index (χ0n) is 8.09. The fourth-order valence-corrected chi connectivity index (χ4v) is 3.31. The first kappa shape index (κ1) is 8.98. The third-order valence-electron chi connectivity index (χ3n) is 2.80. The second-order valence-electron chi connectivity index (χ2n) is 3.74. The lowest BCUT2D eigenvalue weighted by Crippen LogP contribution is -2.28. The van der Waals surface area contributed by atoms with Gasteiger partial charge in [-0.2, -0.15) is 0 Å². The monoisotopic (exact) mass is 214 g/mol. The minimum Gasteiger partial charge on any atom is -0.293 e. The minimum atomic E-state index is 0.0369. The molecule has 2 atom stereocenters. The Morgan fingerprint density at radius 1 is 1.07 bits per heavy atom. The smallest absolute Gasteiger partial charge is 0.172 e. The number of rotatable bonds is 0. The second-order valence-corrected chi connectivity index (χ2v) is 4.96. The Kier molecular flexibility index (Phi) is 2.03. The van der Waals surface area contributed by atoms with Crippen molar-refractivity contribution < 1.29 is 4.79 Å². The van der Waals surface area contributed by atoms with Crippen LogP contribution in [-0.4, -0.2) is 11.0 Å². The second kappa shape index (κ2) is 3.38. The predicted octanol–water partition coefficient (Wildman–Crippen LogP) is 3.09. The molecule has 15 heavy (non-hydrogen) atoms. The lowest BCUT2D eigenvalue weighted by molar-refractivity contribution is 0.0942. The lowest BCUT2D eigenvalue weighted by atomic mass is 9.91. The number of carbonyl (C=O) groups is 1. The molecule has 2 aliphatic rings. The van der Waals surface area contributed by atoms with Crippen LogP contribution in [0, 0.1) is 5.92 Å². The van der Waals surface area contributed by atoms with E-state index in [9.17, 15) is 4.79 Å². The molecule has 0 bridgehead atoms. The van der Waals surface area contributed by atoms with Crippen molar-refractivity contribution in [3.8, 4) is 0 Å². The van der Waals surface area contributed by atoms with E-state index in [-0.39, 0.29) is 17.0 Å². The first-order valence-corrected chi connectivity index (χ1v) is 5.89. The van der Waals surface area contributed by atoms with Crippen LogP contribution in [0.5, 0.6) is 0 Å². The molecule has 1 aromatic rings. The standard InChI is InChI=1S/C13H10OS/c14-13-9-5-1-3-7-11(9)15-12-8-4-2-6-10(12)13/h1-9,11H. The number of ketones is 1. The number of hydrogen-bond acceptors (Lipinski definition) is 2. The Balaban J connectivity index is 2.11. The summed E-state index contributed by atoms with van der Waals surface area (Å²) >= 11 is 1.79. The molecule has 0 saturated carbocycles. The molecule has 0 N–H and O–H groups in total. The Hall–Kier alpha value is -1.28. The Bertz CT molecular complexity index is 473. The van der Waals surface area contributed by atoms with Gasteiger partial charge in [-0.15, -0.1) is 11.8 Å². The first-order chi connectivity index (χ1) is 7.36. The topological polar surface area (TPSA) is 17.1 Å². The molecule has 74 valence electrons. The van der Waals surface area contributed by atoms with E-state index in [1.807, 2.05) is 42.5 Å². The maximum absolute atomic E-state index is 12.2. The van der Waals surface area contributed by atoms with Gasteiger partial charge in [0.05, 0.1) is 5.92 Å². The summed E-state index contributed by atoms with van der Waals surface area (Å²) in [5.41, 5.74) is 0.878. The van der Waals surface area contributed by atoms with Crippen molar-refractivity contribution >= 4 is 17.5 Å². The Labute approximate surface area is 92.9 Å². The van der Waals surface area contributed by atoms with E-state index >= 15 is 0 Å². The summed E-state index contributed by atoms with van der Waals surface area (Å²) in [7, 11) is 0. The van der Waals surface area contributed by atoms with Crippen molar-refractivity contribution in [2.24, 2.45) is 5.92 Å². The highest BCUT2D eigenvalue weighted by atomic mass is 32.2. The number of carbonyl (C=O) groups excluding carboxylic acids is 1. The van der Waals surface area contributed by atoms with Crippen LogP contribution in [-0.2, 0) is 0 Å². The minimum absolute atomic E-state index is 0.0369. The van der Waals surface area contributed by atoms with Gasteiger partial charge in [0.1, 0.15) is 0 Å². The van der Waals surface area contributed by atoms with Gasteiger partial charge in [-0.05, 0) is 6.07 Å². The predicted molar refractivity (Wildman–Crippen MR) is 62.2 cm³/mol. The van der Waals surface area contributed by atoms with Crippen LogP contribution in [0.2, 0.25) is 0 Å². The molecule has 0 spiro atoms. The maximum Gasteiger partial charge on any atom is 0.172 e. The van der Waals surface area contributed by atoms with Gasteiger partial charge in [0.15, 0.2) is 5.78 Å². The van der Waals surface area contributed by atoms with Gasteiger partial charge in [-0.1, -0.05) is 42.5 Å². The summed E-state index contributed by atoms with van der Waals surface area (Å²) in [6.07, 6.45) is 8.11. The van der Waals surface area contributed by atoms with E-state index in [1.165, 1.54) is 0 Å². The number of thioether (sulfide) groups is 1. The molecule has 0 amide bonds. The van der Waals surface area contributed by atoms with Crippen LogP contribution < -0.4 is 0 Å². The molecular formula is C13H10OS. The molecule has 0 saturated heterocycles. The average Bonchev–Trinajstić information content (AvgIpc) is 2.30. The molecule has 1 aromatic carbocycles. The van der Waals surface area contributed by atoms with Gasteiger partial charge in [0, 0.05) is 15.7 Å². The summed E-state index contributed by atoms with van der Waals surface area (Å²) in [6, 6.07) is 7.87. The van der Waals surface area contributed by atoms with Crippen LogP contribution in [0.25, 0.3) is 0 Å². The molecule has 2 unspecified atom stereocenters. The van der Waals surface area contributed by atoms with Crippen LogP contribution >= 0.6 is 11.8 Å². The maximum atomic E-state index is 12.2. The summed E-state index contributed by atoms with van der Waals surface area (Å²) in [5, 5.41) is 0.289. The Morgan fingerprint density at radius 2 is 1.87 bits per heavy atom. The third kappa shape index (κ3) is 1.37. The van der Waals surface area contributed by atoms with Crippen LogP contribution in [0.4, 0.5) is 0 Å². The molecule has 1 heterocycles. The number of benzene rings is 1. The van der Waals surface area contributed by atoms with Crippen molar-refractivity contribution in [2.75, 3.05) is 0 Å². The van der Waals surface area contributed by atoms with E-state index in [1.54, 1.807) is 11.8 Å². The molecular weight excluding hydrogens is 204 g/mol. The molecule has 0 radical (unpaired) electrons. The summed E-state index contributed by atoms with van der Waals surface area (Å²) in [4.78, 5) is 13.3. The van der Waals surface area contributed by atoms with Crippen LogP contribution in [0.3, 0.4) is 0 Å². The molecule has 1 nitrogen and oxygen atoms in total. The van der Waals surface area contributed by atoms with Gasteiger partial charge in [0.25, 0.3) is 0 Å². The van der Waals surface area contributed by atoms with E-state index in [0.29, 0.717) is 0 Å². The fraction of sp³-hybridized carbons (Fsp3) is 0.154. The number of Topliss-reactive ketones (excluding diaryl/α,β-unsaturated/α-hetero) is 1. The van der Waals surface area contributed by atoms with Crippen molar-refractivity contribution in [1.82, 2.24) is 0 Å². The molecule has 1 aliphatic carbocycles.